The van der Waals surface area contributed by atoms with Gasteiger partial charge in [0.15, 0.2) is 0 Å². The van der Waals surface area contributed by atoms with Gasteiger partial charge in [-0.15, -0.1) is 0 Å². The normalized spacial score (nSPS) is 22.9. The largest absolute Gasteiger partial charge is 0.344 e. The molecule has 0 unspecified atom stereocenters. The molecule has 1 aliphatic carbocycles. The summed E-state index contributed by atoms with van der Waals surface area (Å²) < 4.78 is 1.94. The average Bonchev–Trinajstić information content (AvgIpc) is 3.00. The lowest BCUT2D eigenvalue weighted by Crippen LogP contribution is -2.49. The zero-order chi connectivity index (χ0) is 16.2. The van der Waals surface area contributed by atoms with Crippen LogP contribution in [0.1, 0.15) is 51.0 Å². The zero-order valence-corrected chi connectivity index (χ0v) is 13.6. The lowest BCUT2D eigenvalue weighted by molar-refractivity contribution is -0.132. The van der Waals surface area contributed by atoms with Crippen LogP contribution in [0.2, 0.25) is 0 Å². The molecule has 0 radical (unpaired) electrons. The van der Waals surface area contributed by atoms with Gasteiger partial charge in [0.25, 0.3) is 0 Å². The van der Waals surface area contributed by atoms with Gasteiger partial charge in [-0.25, -0.2) is 9.48 Å². The molecule has 2 heterocycles. The van der Waals surface area contributed by atoms with Crippen molar-refractivity contribution >= 4 is 17.8 Å². The number of anilines is 1. The van der Waals surface area contributed by atoms with E-state index in [1.807, 2.05) is 10.7 Å². The standard InChI is InChI=1S/C16H25N5O2/c1-20-11-12(7-8-15(20)22)18-16(23)19-14-9-10-17-21(14)13-5-3-2-4-6-13/h9-10,12-13H,2-8,11H2,1H3,(H2,18,19,23)/t12-/m0/s1. The highest BCUT2D eigenvalue weighted by atomic mass is 16.2. The maximum atomic E-state index is 12.2. The molecule has 3 amide bonds. The molecule has 7 heteroatoms. The Labute approximate surface area is 136 Å². The molecule has 1 saturated carbocycles. The molecule has 126 valence electrons. The van der Waals surface area contributed by atoms with Crippen LogP contribution in [0.15, 0.2) is 12.3 Å². The van der Waals surface area contributed by atoms with Crippen molar-refractivity contribution in [1.82, 2.24) is 20.0 Å². The van der Waals surface area contributed by atoms with Crippen LogP contribution < -0.4 is 10.6 Å². The van der Waals surface area contributed by atoms with Crippen LogP contribution in [0, 0.1) is 0 Å². The van der Waals surface area contributed by atoms with Crippen LogP contribution in [0.5, 0.6) is 0 Å². The van der Waals surface area contributed by atoms with Crippen LogP contribution in [0.4, 0.5) is 10.6 Å². The molecule has 1 atom stereocenters. The van der Waals surface area contributed by atoms with Crippen LogP contribution in [0.3, 0.4) is 0 Å². The number of aromatic nitrogens is 2. The van der Waals surface area contributed by atoms with Gasteiger partial charge in [-0.1, -0.05) is 19.3 Å². The summed E-state index contributed by atoms with van der Waals surface area (Å²) in [4.78, 5) is 25.4. The van der Waals surface area contributed by atoms with E-state index in [0.29, 0.717) is 25.4 Å². The molecule has 7 nitrogen and oxygen atoms in total. The predicted molar refractivity (Wildman–Crippen MR) is 87.2 cm³/mol. The fraction of sp³-hybridized carbons (Fsp3) is 0.688. The molecule has 2 fully saturated rings. The van der Waals surface area contributed by atoms with Gasteiger partial charge >= 0.3 is 6.03 Å². The number of likely N-dealkylation sites (N-methyl/N-ethyl adjacent to an activating group) is 1. The van der Waals surface area contributed by atoms with E-state index in [1.165, 1.54) is 19.3 Å². The summed E-state index contributed by atoms with van der Waals surface area (Å²) in [6, 6.07) is 2.00. The molecule has 1 saturated heterocycles. The Kier molecular flexibility index (Phi) is 4.83. The second-order valence-corrected chi connectivity index (χ2v) is 6.56. The number of hydrogen-bond donors (Lipinski definition) is 2. The highest BCUT2D eigenvalue weighted by Gasteiger charge is 2.25. The number of urea groups is 1. The van der Waals surface area contributed by atoms with Crippen molar-refractivity contribution in [2.45, 2.75) is 57.0 Å². The van der Waals surface area contributed by atoms with Crippen molar-refractivity contribution in [3.8, 4) is 0 Å². The minimum atomic E-state index is -0.227. The number of amides is 3. The molecule has 1 aromatic rings. The lowest BCUT2D eigenvalue weighted by atomic mass is 9.96. The van der Waals surface area contributed by atoms with Gasteiger partial charge in [0.05, 0.1) is 12.2 Å². The molecule has 2 aliphatic rings. The first-order chi connectivity index (χ1) is 11.1. The lowest BCUT2D eigenvalue weighted by Gasteiger charge is -2.30. The van der Waals surface area contributed by atoms with Crippen molar-refractivity contribution in [2.75, 3.05) is 18.9 Å². The van der Waals surface area contributed by atoms with Gasteiger partial charge in [0.2, 0.25) is 5.91 Å². The second-order valence-electron chi connectivity index (χ2n) is 6.56. The quantitative estimate of drug-likeness (QED) is 0.896. The summed E-state index contributed by atoms with van der Waals surface area (Å²) in [5.74, 6) is 0.883. The molecule has 0 spiro atoms. The Bertz CT molecular complexity index is 565. The van der Waals surface area contributed by atoms with E-state index in [9.17, 15) is 9.59 Å². The highest BCUT2D eigenvalue weighted by molar-refractivity contribution is 5.88. The molecule has 0 aromatic carbocycles. The third-order valence-corrected chi connectivity index (χ3v) is 4.79. The Hall–Kier alpha value is -2.05. The van der Waals surface area contributed by atoms with Crippen molar-refractivity contribution < 1.29 is 9.59 Å². The highest BCUT2D eigenvalue weighted by Crippen LogP contribution is 2.29. The SMILES string of the molecule is CN1C[C@@H](NC(=O)Nc2ccnn2C2CCCCC2)CCC1=O. The molecule has 1 aromatic heterocycles. The van der Waals surface area contributed by atoms with Gasteiger partial charge in [-0.2, -0.15) is 5.10 Å². The van der Waals surface area contributed by atoms with Crippen LogP contribution in [0.25, 0.3) is 0 Å². The van der Waals surface area contributed by atoms with Crippen molar-refractivity contribution in [2.24, 2.45) is 0 Å². The van der Waals surface area contributed by atoms with Gasteiger partial charge in [-0.3, -0.25) is 10.1 Å². The van der Waals surface area contributed by atoms with E-state index in [2.05, 4.69) is 15.7 Å². The van der Waals surface area contributed by atoms with Crippen LogP contribution >= 0.6 is 0 Å². The first kappa shape index (κ1) is 15.8. The summed E-state index contributed by atoms with van der Waals surface area (Å²) >= 11 is 0. The van der Waals surface area contributed by atoms with Crippen LogP contribution in [-0.2, 0) is 4.79 Å². The molecular weight excluding hydrogens is 294 g/mol. The Morgan fingerprint density at radius 3 is 2.78 bits per heavy atom. The van der Waals surface area contributed by atoms with Crippen LogP contribution in [-0.4, -0.2) is 46.3 Å². The second kappa shape index (κ2) is 7.02. The predicted octanol–water partition coefficient (Wildman–Crippen LogP) is 2.13. The van der Waals surface area contributed by atoms with Crippen molar-refractivity contribution in [3.63, 3.8) is 0 Å². The summed E-state index contributed by atoms with van der Waals surface area (Å²) in [5, 5.41) is 10.2. The molecule has 23 heavy (non-hydrogen) atoms. The number of hydrogen-bond acceptors (Lipinski definition) is 3. The molecule has 2 N–H and O–H groups in total. The number of nitrogens with one attached hydrogen (secondary N) is 2. The molecule has 3 rings (SSSR count). The topological polar surface area (TPSA) is 79.3 Å². The summed E-state index contributed by atoms with van der Waals surface area (Å²) in [7, 11) is 1.77. The minimum Gasteiger partial charge on any atom is -0.344 e. The Morgan fingerprint density at radius 2 is 2.04 bits per heavy atom. The van der Waals surface area contributed by atoms with E-state index >= 15 is 0 Å². The average molecular weight is 319 g/mol. The fourth-order valence-electron chi connectivity index (χ4n) is 3.50. The minimum absolute atomic E-state index is 0.00347. The third kappa shape index (κ3) is 3.83. The van der Waals surface area contributed by atoms with E-state index in [0.717, 1.165) is 18.7 Å². The smallest absolute Gasteiger partial charge is 0.320 e. The molecular formula is C16H25N5O2. The van der Waals surface area contributed by atoms with Gasteiger partial charge in [0.1, 0.15) is 5.82 Å². The monoisotopic (exact) mass is 319 g/mol. The number of likely N-dealkylation sites (tertiary alicyclic amines) is 1. The van der Waals surface area contributed by atoms with Gasteiger partial charge in [-0.05, 0) is 19.3 Å². The van der Waals surface area contributed by atoms with Gasteiger partial charge in [0, 0.05) is 32.1 Å². The first-order valence-corrected chi connectivity index (χ1v) is 8.48. The molecule has 0 bridgehead atoms. The van der Waals surface area contributed by atoms with E-state index in [-0.39, 0.29) is 18.0 Å². The summed E-state index contributed by atoms with van der Waals surface area (Å²) in [6.07, 6.45) is 8.88. The maximum absolute atomic E-state index is 12.2. The number of rotatable bonds is 3. The number of nitrogens with zero attached hydrogens (tertiary/aromatic N) is 3. The number of carbonyl (C=O) groups excluding carboxylic acids is 2. The van der Waals surface area contributed by atoms with Crippen molar-refractivity contribution in [1.29, 1.82) is 0 Å². The summed E-state index contributed by atoms with van der Waals surface area (Å²) in [6.45, 7) is 0.564. The van der Waals surface area contributed by atoms with E-state index in [4.69, 9.17) is 0 Å². The fourth-order valence-corrected chi connectivity index (χ4v) is 3.50. The van der Waals surface area contributed by atoms with E-state index in [1.54, 1.807) is 18.1 Å². The number of piperidine rings is 1. The Morgan fingerprint density at radius 1 is 1.26 bits per heavy atom. The third-order valence-electron chi connectivity index (χ3n) is 4.79. The molecule has 1 aliphatic heterocycles. The zero-order valence-electron chi connectivity index (χ0n) is 13.6. The Balaban J connectivity index is 1.56. The number of carbonyl (C=O) groups is 2. The van der Waals surface area contributed by atoms with Gasteiger partial charge < -0.3 is 10.2 Å². The van der Waals surface area contributed by atoms with Crippen molar-refractivity contribution in [3.05, 3.63) is 12.3 Å². The first-order valence-electron chi connectivity index (χ1n) is 8.48. The summed E-state index contributed by atoms with van der Waals surface area (Å²) in [5.41, 5.74) is 0. The maximum Gasteiger partial charge on any atom is 0.320 e. The van der Waals surface area contributed by atoms with E-state index < -0.39 is 0 Å².